The maximum Gasteiger partial charge on any atom is 0.294 e. The number of nitrogens with zero attached hydrogens (tertiary/aromatic N) is 1. The Morgan fingerprint density at radius 2 is 1.94 bits per heavy atom. The molecule has 0 saturated carbocycles. The number of ether oxygens (including phenoxy) is 1. The summed E-state index contributed by atoms with van der Waals surface area (Å²) in [5.74, 6) is 0.0924. The molecule has 160 valence electrons. The molecule has 0 aromatic heterocycles. The number of anilines is 1. The van der Waals surface area contributed by atoms with E-state index in [2.05, 4.69) is 11.4 Å². The van der Waals surface area contributed by atoms with Crippen molar-refractivity contribution in [2.24, 2.45) is 0 Å². The van der Waals surface area contributed by atoms with Crippen molar-refractivity contribution in [3.8, 4) is 5.75 Å². The van der Waals surface area contributed by atoms with Gasteiger partial charge in [0.25, 0.3) is 5.91 Å². The van der Waals surface area contributed by atoms with E-state index in [0.717, 1.165) is 19.3 Å². The number of hydrogen-bond acceptors (Lipinski definition) is 3. The molecule has 0 bridgehead atoms. The third kappa shape index (κ3) is 5.17. The minimum absolute atomic E-state index is 0.0713. The van der Waals surface area contributed by atoms with Gasteiger partial charge in [-0.05, 0) is 61.9 Å². The average molecular weight is 437 g/mol. The maximum atomic E-state index is 13.2. The topological polar surface area (TPSA) is 58.6 Å². The highest BCUT2D eigenvalue weighted by Gasteiger charge is 2.31. The van der Waals surface area contributed by atoms with Gasteiger partial charge in [-0.15, -0.1) is 0 Å². The van der Waals surface area contributed by atoms with Crippen molar-refractivity contribution >= 4 is 35.2 Å². The Bertz CT molecular complexity index is 1040. The zero-order valence-electron chi connectivity index (χ0n) is 17.3. The number of rotatable bonds is 6. The van der Waals surface area contributed by atoms with Crippen LogP contribution in [0.4, 0.5) is 5.69 Å². The molecule has 4 rings (SSSR count). The summed E-state index contributed by atoms with van der Waals surface area (Å²) in [5.41, 5.74) is 2.66. The fraction of sp³-hybridized carbons (Fsp3) is 0.280. The Labute approximate surface area is 187 Å². The molecule has 2 aromatic carbocycles. The number of amides is 2. The van der Waals surface area contributed by atoms with Gasteiger partial charge in [-0.2, -0.15) is 0 Å². The second-order valence-electron chi connectivity index (χ2n) is 7.70. The molecule has 2 aliphatic rings. The molecule has 0 saturated heterocycles. The van der Waals surface area contributed by atoms with Crippen molar-refractivity contribution in [3.05, 3.63) is 76.5 Å². The van der Waals surface area contributed by atoms with Gasteiger partial charge in [0.05, 0.1) is 5.69 Å². The van der Waals surface area contributed by atoms with Gasteiger partial charge in [-0.3, -0.25) is 14.5 Å². The maximum absolute atomic E-state index is 13.2. The van der Waals surface area contributed by atoms with E-state index in [-0.39, 0.29) is 24.1 Å². The smallest absolute Gasteiger partial charge is 0.294 e. The summed E-state index contributed by atoms with van der Waals surface area (Å²) in [5, 5.41) is 3.47. The largest absolute Gasteiger partial charge is 0.449 e. The normalized spacial score (nSPS) is 17.1. The number of para-hydroxylation sites is 2. The van der Waals surface area contributed by atoms with Gasteiger partial charge in [0.15, 0.2) is 11.5 Å². The van der Waals surface area contributed by atoms with E-state index in [4.69, 9.17) is 16.3 Å². The molecular weight excluding hydrogens is 412 g/mol. The molecule has 5 nitrogen and oxygen atoms in total. The Morgan fingerprint density at radius 1 is 1.13 bits per heavy atom. The van der Waals surface area contributed by atoms with Gasteiger partial charge in [0.1, 0.15) is 6.54 Å². The molecular formula is C25H25ClN2O3. The van der Waals surface area contributed by atoms with Crippen LogP contribution in [0.3, 0.4) is 0 Å². The molecule has 0 spiro atoms. The van der Waals surface area contributed by atoms with Crippen LogP contribution in [-0.2, 0) is 9.59 Å². The van der Waals surface area contributed by atoms with Crippen molar-refractivity contribution in [2.75, 3.05) is 18.0 Å². The third-order valence-corrected chi connectivity index (χ3v) is 5.82. The summed E-state index contributed by atoms with van der Waals surface area (Å²) in [6, 6.07) is 14.4. The summed E-state index contributed by atoms with van der Waals surface area (Å²) in [6.07, 6.45) is 9.46. The molecule has 1 N–H and O–H groups in total. The number of carbonyl (C=O) groups excluding carboxylic acids is 2. The van der Waals surface area contributed by atoms with Crippen molar-refractivity contribution in [1.29, 1.82) is 0 Å². The second kappa shape index (κ2) is 9.84. The van der Waals surface area contributed by atoms with Crippen LogP contribution in [0.5, 0.6) is 5.75 Å². The van der Waals surface area contributed by atoms with E-state index >= 15 is 0 Å². The summed E-state index contributed by atoms with van der Waals surface area (Å²) in [7, 11) is 0. The quantitative estimate of drug-likeness (QED) is 0.505. The monoisotopic (exact) mass is 436 g/mol. The first-order valence-electron chi connectivity index (χ1n) is 10.6. The van der Waals surface area contributed by atoms with Crippen LogP contribution < -0.4 is 15.0 Å². The zero-order valence-corrected chi connectivity index (χ0v) is 18.0. The summed E-state index contributed by atoms with van der Waals surface area (Å²) in [6.45, 7) is 0.505. The lowest BCUT2D eigenvalue weighted by Gasteiger charge is -2.30. The fourth-order valence-electron chi connectivity index (χ4n) is 3.85. The van der Waals surface area contributed by atoms with Crippen molar-refractivity contribution in [3.63, 3.8) is 0 Å². The van der Waals surface area contributed by atoms with Crippen LogP contribution in [0.15, 0.2) is 65.9 Å². The lowest BCUT2D eigenvalue weighted by molar-refractivity contribution is -0.123. The van der Waals surface area contributed by atoms with Crippen molar-refractivity contribution < 1.29 is 14.3 Å². The standard InChI is InChI=1S/C25H25ClN2O3/c26-20-11-5-4-10-19(20)16-23-25(30)28(21-12-6-7-13-22(21)31-23)17-24(29)27-15-14-18-8-2-1-3-9-18/h4-8,10-13,16H,1-3,9,14-15,17H2,(H,27,29). The van der Waals surface area contributed by atoms with Gasteiger partial charge in [-0.25, -0.2) is 0 Å². The Morgan fingerprint density at radius 3 is 2.74 bits per heavy atom. The van der Waals surface area contributed by atoms with Gasteiger partial charge >= 0.3 is 0 Å². The molecule has 2 aromatic rings. The van der Waals surface area contributed by atoms with Gasteiger partial charge in [0.2, 0.25) is 5.91 Å². The first kappa shape index (κ1) is 21.2. The molecule has 1 aliphatic heterocycles. The number of carbonyl (C=O) groups is 2. The predicted molar refractivity (Wildman–Crippen MR) is 123 cm³/mol. The minimum atomic E-state index is -0.372. The lowest BCUT2D eigenvalue weighted by atomic mass is 9.97. The van der Waals surface area contributed by atoms with Crippen molar-refractivity contribution in [1.82, 2.24) is 5.32 Å². The van der Waals surface area contributed by atoms with Crippen LogP contribution >= 0.6 is 11.6 Å². The van der Waals surface area contributed by atoms with E-state index in [0.29, 0.717) is 28.6 Å². The highest BCUT2D eigenvalue weighted by molar-refractivity contribution is 6.32. The first-order valence-corrected chi connectivity index (χ1v) is 11.0. The van der Waals surface area contributed by atoms with E-state index in [1.807, 2.05) is 30.3 Å². The van der Waals surface area contributed by atoms with E-state index in [1.165, 1.54) is 23.3 Å². The van der Waals surface area contributed by atoms with E-state index in [9.17, 15) is 9.59 Å². The molecule has 1 aliphatic carbocycles. The van der Waals surface area contributed by atoms with Gasteiger partial charge in [0, 0.05) is 11.6 Å². The predicted octanol–water partition coefficient (Wildman–Crippen LogP) is 5.11. The Hall–Kier alpha value is -3.05. The molecule has 0 radical (unpaired) electrons. The number of hydrogen-bond donors (Lipinski definition) is 1. The molecule has 0 unspecified atom stereocenters. The number of allylic oxidation sites excluding steroid dienone is 1. The van der Waals surface area contributed by atoms with Crippen LogP contribution in [0.25, 0.3) is 6.08 Å². The van der Waals surface area contributed by atoms with E-state index in [1.54, 1.807) is 24.3 Å². The Balaban J connectivity index is 1.49. The van der Waals surface area contributed by atoms with Crippen LogP contribution in [0, 0.1) is 0 Å². The van der Waals surface area contributed by atoms with Crippen LogP contribution in [0.1, 0.15) is 37.7 Å². The molecule has 2 amide bonds. The first-order chi connectivity index (χ1) is 15.1. The highest BCUT2D eigenvalue weighted by atomic mass is 35.5. The molecule has 31 heavy (non-hydrogen) atoms. The minimum Gasteiger partial charge on any atom is -0.449 e. The van der Waals surface area contributed by atoms with Gasteiger partial charge < -0.3 is 10.1 Å². The fourth-order valence-corrected chi connectivity index (χ4v) is 4.04. The third-order valence-electron chi connectivity index (χ3n) is 5.48. The second-order valence-corrected chi connectivity index (χ2v) is 8.11. The molecule has 1 heterocycles. The van der Waals surface area contributed by atoms with Crippen LogP contribution in [0.2, 0.25) is 5.02 Å². The van der Waals surface area contributed by atoms with Crippen molar-refractivity contribution in [2.45, 2.75) is 32.1 Å². The average Bonchev–Trinajstić information content (AvgIpc) is 2.79. The van der Waals surface area contributed by atoms with Gasteiger partial charge in [-0.1, -0.05) is 53.6 Å². The summed E-state index contributed by atoms with van der Waals surface area (Å²) < 4.78 is 5.85. The highest BCUT2D eigenvalue weighted by Crippen LogP contribution is 2.35. The molecule has 0 fully saturated rings. The van der Waals surface area contributed by atoms with Crippen LogP contribution in [-0.4, -0.2) is 24.9 Å². The lowest BCUT2D eigenvalue weighted by Crippen LogP contribution is -2.44. The molecule has 6 heteroatoms. The number of nitrogens with one attached hydrogen (secondary N) is 1. The zero-order chi connectivity index (χ0) is 21.6. The summed E-state index contributed by atoms with van der Waals surface area (Å²) in [4.78, 5) is 27.2. The summed E-state index contributed by atoms with van der Waals surface area (Å²) >= 11 is 6.24. The molecule has 0 atom stereocenters. The Kier molecular flexibility index (Phi) is 6.73. The number of fused-ring (bicyclic) bond motifs is 1. The SMILES string of the molecule is O=C(CN1C(=O)C(=Cc2ccccc2Cl)Oc2ccccc21)NCCC1=CCCCC1. The van der Waals surface area contributed by atoms with E-state index < -0.39 is 0 Å². The number of benzene rings is 2. The number of halogens is 1.